The molecule has 15 heteroatoms. The lowest BCUT2D eigenvalue weighted by Gasteiger charge is -2.13. The number of halogens is 1. The highest BCUT2D eigenvalue weighted by Crippen LogP contribution is 2.30. The molecule has 0 aliphatic carbocycles. The summed E-state index contributed by atoms with van der Waals surface area (Å²) >= 11 is 6.42. The van der Waals surface area contributed by atoms with E-state index >= 15 is 0 Å². The van der Waals surface area contributed by atoms with E-state index in [4.69, 9.17) is 21.2 Å². The highest BCUT2D eigenvalue weighted by atomic mass is 35.5. The maximum atomic E-state index is 13.1. The Morgan fingerprint density at radius 1 is 1.24 bits per heavy atom. The summed E-state index contributed by atoms with van der Waals surface area (Å²) in [5, 5.41) is 40.4. The van der Waals surface area contributed by atoms with Crippen LogP contribution in [0.1, 0.15) is 48.1 Å². The lowest BCUT2D eigenvalue weighted by atomic mass is 9.98. The lowest BCUT2D eigenvalue weighted by Crippen LogP contribution is -2.29. The zero-order valence-electron chi connectivity index (χ0n) is 22.9. The van der Waals surface area contributed by atoms with Crippen LogP contribution in [0.4, 0.5) is 0 Å². The molecule has 1 unspecified atom stereocenters. The number of aryl methyl sites for hydroxylation is 1. The van der Waals surface area contributed by atoms with Crippen molar-refractivity contribution in [1.82, 2.24) is 35.2 Å². The van der Waals surface area contributed by atoms with E-state index in [-0.39, 0.29) is 22.4 Å². The molecular formula is C27H30ClN9O5. The number of hydrazine groups is 1. The van der Waals surface area contributed by atoms with Crippen LogP contribution in [-0.4, -0.2) is 77.2 Å². The number of aromatic amines is 1. The Hall–Kier alpha value is -4.56. The maximum Gasteiger partial charge on any atom is 0.361 e. The Morgan fingerprint density at radius 2 is 2.02 bits per heavy atom. The molecule has 3 heterocycles. The summed E-state index contributed by atoms with van der Waals surface area (Å²) in [5.41, 5.74) is 3.80. The number of rotatable bonds is 12. The Bertz CT molecular complexity index is 1530. The summed E-state index contributed by atoms with van der Waals surface area (Å²) in [6, 6.07) is 15.7. The molecule has 2 aromatic heterocycles. The third-order valence-electron chi connectivity index (χ3n) is 6.84. The van der Waals surface area contributed by atoms with Crippen LogP contribution in [0.15, 0.2) is 53.8 Å². The number of imidazole rings is 1. The number of benzene rings is 2. The van der Waals surface area contributed by atoms with Gasteiger partial charge >= 0.3 is 5.97 Å². The van der Waals surface area contributed by atoms with Gasteiger partial charge in [0.05, 0.1) is 17.6 Å². The number of H-pyrrole nitrogens is 1. The Balaban J connectivity index is 1.31. The zero-order chi connectivity index (χ0) is 29.5. The topological polar surface area (TPSA) is 170 Å². The first-order chi connectivity index (χ1) is 20.4. The number of aliphatic hydroxyl groups excluding tert-OH is 1. The highest BCUT2D eigenvalue weighted by molar-refractivity contribution is 6.32. The van der Waals surface area contributed by atoms with Crippen molar-refractivity contribution in [1.29, 1.82) is 0 Å². The number of carbonyl (C=O) groups excluding carboxylic acids is 1. The highest BCUT2D eigenvalue weighted by Gasteiger charge is 2.27. The quantitative estimate of drug-likeness (QED) is 0.0613. The predicted molar refractivity (Wildman–Crippen MR) is 150 cm³/mol. The van der Waals surface area contributed by atoms with Crippen LogP contribution >= 0.6 is 11.6 Å². The molecule has 1 saturated heterocycles. The molecule has 1 aliphatic heterocycles. The third-order valence-corrected chi connectivity index (χ3v) is 7.10. The second-order valence-electron chi connectivity index (χ2n) is 9.72. The Kier molecular flexibility index (Phi) is 9.24. The number of β-amino-alcohol motifs (C(OH)–C–C–N with tert-alkyl or cyclic N) is 1. The number of aromatic nitrogens is 6. The molecule has 0 spiro atoms. The SMILES string of the molecule is CCCCc1nc(Cl)c(C(=O)OCO/N=[N+](\[O-])N2CCC(O)C2)n1Cc1ccc(-c2ccccc2-c2nnn[nH]2)cc1. The van der Waals surface area contributed by atoms with Crippen LogP contribution in [0.5, 0.6) is 0 Å². The summed E-state index contributed by atoms with van der Waals surface area (Å²) in [4.78, 5) is 22.6. The maximum absolute atomic E-state index is 13.1. The molecule has 1 fully saturated rings. The molecule has 14 nitrogen and oxygen atoms in total. The number of tetrazole rings is 1. The second kappa shape index (κ2) is 13.4. The number of nitrogens with zero attached hydrogens (tertiary/aromatic N) is 8. The van der Waals surface area contributed by atoms with Crippen LogP contribution in [0.2, 0.25) is 5.15 Å². The standard InChI is InChI=1S/C27H30ClN9O5/c1-2-3-8-23-29-25(28)24(27(39)41-17-42-34-37(40)35-14-13-20(38)16-35)36(23)15-18-9-11-19(12-10-18)21-6-4-5-7-22(21)26-30-32-33-31-26/h4-7,9-12,20,38H,2-3,8,13-17H2,1H3,(H,30,31,32,33)/b37-34-. The summed E-state index contributed by atoms with van der Waals surface area (Å²) in [5.74, 6) is 0.469. The summed E-state index contributed by atoms with van der Waals surface area (Å²) in [6.07, 6.45) is 2.29. The Morgan fingerprint density at radius 3 is 2.71 bits per heavy atom. The van der Waals surface area contributed by atoms with Gasteiger partial charge in [-0.1, -0.05) is 73.5 Å². The first-order valence-corrected chi connectivity index (χ1v) is 13.9. The minimum Gasteiger partial charge on any atom is -0.569 e. The number of hydrogen-bond acceptors (Lipinski definition) is 10. The summed E-state index contributed by atoms with van der Waals surface area (Å²) in [6.45, 7) is 2.29. The summed E-state index contributed by atoms with van der Waals surface area (Å²) in [7, 11) is 0. The molecule has 0 radical (unpaired) electrons. The number of aliphatic hydroxyl groups is 1. The number of unbranched alkanes of at least 4 members (excludes halogenated alkanes) is 1. The molecule has 2 aromatic carbocycles. The van der Waals surface area contributed by atoms with Gasteiger partial charge in [-0.3, -0.25) is 0 Å². The van der Waals surface area contributed by atoms with Crippen molar-refractivity contribution in [3.05, 3.63) is 76.0 Å². The third kappa shape index (κ3) is 6.66. The average Bonchev–Trinajstić information content (AvgIpc) is 3.75. The number of nitrogens with one attached hydrogen (secondary N) is 1. The minimum atomic E-state index is -0.759. The van der Waals surface area contributed by atoms with Gasteiger partial charge in [0.1, 0.15) is 12.4 Å². The molecule has 42 heavy (non-hydrogen) atoms. The van der Waals surface area contributed by atoms with Gasteiger partial charge in [-0.15, -0.1) is 10.1 Å². The molecule has 1 atom stereocenters. The predicted octanol–water partition coefficient (Wildman–Crippen LogP) is 3.76. The molecule has 1 aliphatic rings. The van der Waals surface area contributed by atoms with Crippen molar-refractivity contribution < 1.29 is 24.4 Å². The fourth-order valence-corrected chi connectivity index (χ4v) is 4.97. The molecule has 5 rings (SSSR count). The zero-order valence-corrected chi connectivity index (χ0v) is 23.6. The molecule has 4 aromatic rings. The minimum absolute atomic E-state index is 0.0192. The van der Waals surface area contributed by atoms with E-state index in [1.165, 1.54) is 5.01 Å². The normalized spacial score (nSPS) is 15.3. The van der Waals surface area contributed by atoms with Gasteiger partial charge in [-0.2, -0.15) is 0 Å². The lowest BCUT2D eigenvalue weighted by molar-refractivity contribution is -0.708. The van der Waals surface area contributed by atoms with E-state index in [1.807, 2.05) is 48.5 Å². The largest absolute Gasteiger partial charge is 0.569 e. The van der Waals surface area contributed by atoms with Crippen molar-refractivity contribution in [2.75, 3.05) is 19.9 Å². The van der Waals surface area contributed by atoms with Gasteiger partial charge < -0.3 is 24.5 Å². The van der Waals surface area contributed by atoms with Gasteiger partial charge in [0, 0.05) is 18.5 Å². The van der Waals surface area contributed by atoms with Crippen LogP contribution in [0.3, 0.4) is 0 Å². The average molecular weight is 596 g/mol. The van der Waals surface area contributed by atoms with Gasteiger partial charge in [0.2, 0.25) is 5.28 Å². The van der Waals surface area contributed by atoms with Crippen LogP contribution < -0.4 is 0 Å². The number of esters is 1. The monoisotopic (exact) mass is 595 g/mol. The molecule has 0 saturated carbocycles. The Labute approximate surface area is 246 Å². The number of carbonyl (C=O) groups is 1. The molecule has 2 N–H and O–H groups in total. The number of hydrogen-bond donors (Lipinski definition) is 2. The first kappa shape index (κ1) is 29.0. The molecule has 220 valence electrons. The van der Waals surface area contributed by atoms with Gasteiger partial charge in [0.15, 0.2) is 16.7 Å². The number of ether oxygens (including phenoxy) is 1. The van der Waals surface area contributed by atoms with Gasteiger partial charge in [-0.25, -0.2) is 14.9 Å². The summed E-state index contributed by atoms with van der Waals surface area (Å²) < 4.78 is 6.95. The van der Waals surface area contributed by atoms with E-state index in [0.29, 0.717) is 37.6 Å². The van der Waals surface area contributed by atoms with E-state index in [2.05, 4.69) is 37.8 Å². The van der Waals surface area contributed by atoms with E-state index in [9.17, 15) is 15.1 Å². The van der Waals surface area contributed by atoms with Crippen LogP contribution in [0.25, 0.3) is 22.5 Å². The van der Waals surface area contributed by atoms with Crippen molar-refractivity contribution in [3.8, 4) is 22.5 Å². The van der Waals surface area contributed by atoms with Crippen LogP contribution in [0, 0.1) is 5.21 Å². The van der Waals surface area contributed by atoms with Crippen molar-refractivity contribution >= 4 is 17.6 Å². The van der Waals surface area contributed by atoms with Crippen molar-refractivity contribution in [2.24, 2.45) is 5.28 Å². The van der Waals surface area contributed by atoms with Gasteiger partial charge in [-0.05, 0) is 40.0 Å². The van der Waals surface area contributed by atoms with E-state index in [1.54, 1.807) is 4.57 Å². The molecule has 0 bridgehead atoms. The molecule has 0 amide bonds. The smallest absolute Gasteiger partial charge is 0.361 e. The van der Waals surface area contributed by atoms with Gasteiger partial charge in [0.25, 0.3) is 6.79 Å². The molecular weight excluding hydrogens is 566 g/mol. The fraction of sp³-hybridized carbons (Fsp3) is 0.370. The van der Waals surface area contributed by atoms with E-state index in [0.717, 1.165) is 35.1 Å². The van der Waals surface area contributed by atoms with Crippen LogP contribution in [-0.2, 0) is 22.5 Å². The van der Waals surface area contributed by atoms with Crippen molar-refractivity contribution in [2.45, 2.75) is 45.3 Å². The van der Waals surface area contributed by atoms with Crippen molar-refractivity contribution in [3.63, 3.8) is 0 Å². The fourth-order valence-electron chi connectivity index (χ4n) is 4.70. The first-order valence-electron chi connectivity index (χ1n) is 13.5. The second-order valence-corrected chi connectivity index (χ2v) is 10.1. The van der Waals surface area contributed by atoms with E-state index < -0.39 is 18.9 Å².